The van der Waals surface area contributed by atoms with E-state index in [9.17, 15) is 0 Å². The van der Waals surface area contributed by atoms with Crippen LogP contribution in [-0.2, 0) is 32.0 Å². The summed E-state index contributed by atoms with van der Waals surface area (Å²) in [5.41, 5.74) is 3.93. The van der Waals surface area contributed by atoms with Gasteiger partial charge in [-0.15, -0.1) is 0 Å². The number of hydrogen-bond acceptors (Lipinski definition) is 4. The first-order chi connectivity index (χ1) is 15.6. The number of benzene rings is 1. The fourth-order valence-electron chi connectivity index (χ4n) is 5.46. The van der Waals surface area contributed by atoms with Gasteiger partial charge in [-0.2, -0.15) is 0 Å². The second kappa shape index (κ2) is 11.5. The molecule has 3 heterocycles. The number of rotatable bonds is 13. The van der Waals surface area contributed by atoms with Crippen molar-refractivity contribution in [1.29, 1.82) is 0 Å². The Bertz CT molecular complexity index is 715. The summed E-state index contributed by atoms with van der Waals surface area (Å²) >= 11 is 0. The first kappa shape index (κ1) is 24.2. The van der Waals surface area contributed by atoms with Crippen molar-refractivity contribution in [3.63, 3.8) is 0 Å². The first-order valence-corrected chi connectivity index (χ1v) is 13.3. The van der Waals surface area contributed by atoms with E-state index in [2.05, 4.69) is 25.1 Å². The number of ether oxygens (including phenoxy) is 4. The predicted octanol–water partition coefficient (Wildman–Crippen LogP) is 7.38. The van der Waals surface area contributed by atoms with Crippen LogP contribution in [-0.4, -0.2) is 24.3 Å². The Morgan fingerprint density at radius 2 is 1.47 bits per heavy atom. The molecule has 2 saturated heterocycles. The van der Waals surface area contributed by atoms with Gasteiger partial charge in [0, 0.05) is 0 Å². The topological polar surface area (TPSA) is 36.9 Å². The summed E-state index contributed by atoms with van der Waals surface area (Å²) in [6.45, 7) is 6.79. The quantitative estimate of drug-likeness (QED) is 0.297. The van der Waals surface area contributed by atoms with E-state index in [0.717, 1.165) is 6.42 Å². The third kappa shape index (κ3) is 6.14. The van der Waals surface area contributed by atoms with Crippen molar-refractivity contribution in [3.05, 3.63) is 34.9 Å². The molecular formula is C28H44O4. The third-order valence-electron chi connectivity index (χ3n) is 7.26. The van der Waals surface area contributed by atoms with Gasteiger partial charge in [-0.25, -0.2) is 0 Å². The van der Waals surface area contributed by atoms with E-state index in [1.807, 2.05) is 13.8 Å². The second-order valence-corrected chi connectivity index (χ2v) is 10.5. The molecule has 4 nitrogen and oxygen atoms in total. The predicted molar refractivity (Wildman–Crippen MR) is 127 cm³/mol. The normalized spacial score (nSPS) is 27.8. The molecule has 4 heteroatoms. The molecule has 0 unspecified atom stereocenters. The zero-order valence-corrected chi connectivity index (χ0v) is 20.6. The standard InChI is InChI=1S/C28H44O4/c1-4-5-6-7-8-9-10-11-12-13-14-15-16-21-17-18-22-20-29-25-24(23(22)19-21)30-27-26(25)31-28(2,3)32-27/h17-19,24-27H,4-16,20H2,1-3H3/t24-,25+,26-,27-/m1/s1. The van der Waals surface area contributed by atoms with Crippen LogP contribution >= 0.6 is 0 Å². The van der Waals surface area contributed by atoms with Gasteiger partial charge >= 0.3 is 0 Å². The fraction of sp³-hybridized carbons (Fsp3) is 0.786. The molecule has 0 aromatic heterocycles. The molecule has 4 rings (SSSR count). The highest BCUT2D eigenvalue weighted by Crippen LogP contribution is 2.47. The minimum atomic E-state index is -0.597. The maximum atomic E-state index is 6.25. The van der Waals surface area contributed by atoms with E-state index >= 15 is 0 Å². The van der Waals surface area contributed by atoms with Crippen molar-refractivity contribution in [1.82, 2.24) is 0 Å². The van der Waals surface area contributed by atoms with Gasteiger partial charge in [-0.05, 0) is 43.4 Å². The Morgan fingerprint density at radius 1 is 0.812 bits per heavy atom. The van der Waals surface area contributed by atoms with Crippen LogP contribution < -0.4 is 0 Å². The average molecular weight is 445 g/mol. The van der Waals surface area contributed by atoms with Crippen molar-refractivity contribution >= 4 is 0 Å². The van der Waals surface area contributed by atoms with E-state index in [1.165, 1.54) is 93.7 Å². The summed E-state index contributed by atoms with van der Waals surface area (Å²) in [4.78, 5) is 0. The molecule has 0 amide bonds. The monoisotopic (exact) mass is 444 g/mol. The van der Waals surface area contributed by atoms with Gasteiger partial charge in [0.05, 0.1) is 6.61 Å². The molecule has 1 aromatic rings. The van der Waals surface area contributed by atoms with Gasteiger partial charge in [-0.1, -0.05) is 95.8 Å². The van der Waals surface area contributed by atoms with Gasteiger partial charge in [0.2, 0.25) is 0 Å². The summed E-state index contributed by atoms with van der Waals surface area (Å²) in [5, 5.41) is 0. The summed E-state index contributed by atoms with van der Waals surface area (Å²) in [6.07, 6.45) is 17.2. The average Bonchev–Trinajstić information content (AvgIpc) is 3.26. The molecule has 0 N–H and O–H groups in total. The summed E-state index contributed by atoms with van der Waals surface area (Å²) in [7, 11) is 0. The highest BCUT2D eigenvalue weighted by molar-refractivity contribution is 5.36. The minimum Gasteiger partial charge on any atom is -0.368 e. The highest BCUT2D eigenvalue weighted by Gasteiger charge is 2.57. The SMILES string of the molecule is CCCCCCCCCCCCCCc1ccc2c(c1)[C@H]1O[C@@H]3OC(C)(C)O[C@@H]3[C@H]1OC2. The second-order valence-electron chi connectivity index (χ2n) is 10.5. The maximum absolute atomic E-state index is 6.25. The molecule has 0 radical (unpaired) electrons. The lowest BCUT2D eigenvalue weighted by molar-refractivity contribution is -0.223. The van der Waals surface area contributed by atoms with Crippen molar-refractivity contribution in [2.45, 2.75) is 141 Å². The van der Waals surface area contributed by atoms with Crippen LogP contribution in [0.5, 0.6) is 0 Å². The molecule has 0 bridgehead atoms. The van der Waals surface area contributed by atoms with Gasteiger partial charge in [0.15, 0.2) is 12.1 Å². The van der Waals surface area contributed by atoms with E-state index in [0.29, 0.717) is 6.61 Å². The Hall–Kier alpha value is -0.940. The third-order valence-corrected chi connectivity index (χ3v) is 7.26. The van der Waals surface area contributed by atoms with Gasteiger partial charge in [-0.3, -0.25) is 0 Å². The van der Waals surface area contributed by atoms with Crippen LogP contribution in [0.25, 0.3) is 0 Å². The highest BCUT2D eigenvalue weighted by atomic mass is 16.8. The lowest BCUT2D eigenvalue weighted by atomic mass is 9.92. The summed E-state index contributed by atoms with van der Waals surface area (Å²) in [6, 6.07) is 6.84. The molecule has 0 saturated carbocycles. The minimum absolute atomic E-state index is 0.0730. The van der Waals surface area contributed by atoms with Crippen LogP contribution in [0, 0.1) is 0 Å². The Labute approximate surface area is 195 Å². The molecule has 180 valence electrons. The van der Waals surface area contributed by atoms with E-state index in [1.54, 1.807) is 0 Å². The van der Waals surface area contributed by atoms with Crippen molar-refractivity contribution in [2.75, 3.05) is 0 Å². The number of unbranched alkanes of at least 4 members (excludes halogenated alkanes) is 11. The van der Waals surface area contributed by atoms with E-state index in [-0.39, 0.29) is 24.6 Å². The van der Waals surface area contributed by atoms with Crippen LogP contribution in [0.3, 0.4) is 0 Å². The van der Waals surface area contributed by atoms with Crippen molar-refractivity contribution in [3.8, 4) is 0 Å². The van der Waals surface area contributed by atoms with Gasteiger partial charge in [0.25, 0.3) is 0 Å². The van der Waals surface area contributed by atoms with Gasteiger partial charge < -0.3 is 18.9 Å². The van der Waals surface area contributed by atoms with Crippen LogP contribution in [0.15, 0.2) is 18.2 Å². The Morgan fingerprint density at radius 3 is 2.16 bits per heavy atom. The number of hydrogen-bond donors (Lipinski definition) is 0. The van der Waals surface area contributed by atoms with E-state index < -0.39 is 5.79 Å². The first-order valence-electron chi connectivity index (χ1n) is 13.3. The zero-order chi connectivity index (χ0) is 22.4. The smallest absolute Gasteiger partial charge is 0.190 e. The molecule has 4 atom stereocenters. The number of fused-ring (bicyclic) bond motifs is 5. The molecule has 3 aliphatic rings. The largest absolute Gasteiger partial charge is 0.368 e. The molecule has 1 aromatic carbocycles. The molecule has 0 spiro atoms. The molecule has 32 heavy (non-hydrogen) atoms. The van der Waals surface area contributed by atoms with Gasteiger partial charge in [0.1, 0.15) is 18.3 Å². The lowest BCUT2D eigenvalue weighted by Crippen LogP contribution is -2.36. The number of aryl methyl sites for hydroxylation is 1. The zero-order valence-electron chi connectivity index (χ0n) is 20.6. The lowest BCUT2D eigenvalue weighted by Gasteiger charge is -2.31. The van der Waals surface area contributed by atoms with Crippen LogP contribution in [0.4, 0.5) is 0 Å². The maximum Gasteiger partial charge on any atom is 0.190 e. The van der Waals surface area contributed by atoms with E-state index in [4.69, 9.17) is 18.9 Å². The van der Waals surface area contributed by atoms with Crippen LogP contribution in [0.1, 0.15) is 121 Å². The molecular weight excluding hydrogens is 400 g/mol. The molecule has 2 fully saturated rings. The molecule has 3 aliphatic heterocycles. The van der Waals surface area contributed by atoms with Crippen molar-refractivity contribution in [2.24, 2.45) is 0 Å². The summed E-state index contributed by atoms with van der Waals surface area (Å²) in [5.74, 6) is -0.597. The van der Waals surface area contributed by atoms with Crippen LogP contribution in [0.2, 0.25) is 0 Å². The molecule has 0 aliphatic carbocycles. The van der Waals surface area contributed by atoms with Crippen molar-refractivity contribution < 1.29 is 18.9 Å². The fourth-order valence-corrected chi connectivity index (χ4v) is 5.46. The Kier molecular flexibility index (Phi) is 8.67. The summed E-state index contributed by atoms with van der Waals surface area (Å²) < 4.78 is 24.4. The Balaban J connectivity index is 1.15.